The van der Waals surface area contributed by atoms with Crippen molar-refractivity contribution in [1.82, 2.24) is 14.9 Å². The molecule has 0 bridgehead atoms. The lowest BCUT2D eigenvalue weighted by atomic mass is 10.2. The second kappa shape index (κ2) is 9.44. The lowest BCUT2D eigenvalue weighted by molar-refractivity contribution is -0.142. The van der Waals surface area contributed by atoms with E-state index in [0.29, 0.717) is 13.1 Å². The molecule has 1 aliphatic rings. The molecule has 0 radical (unpaired) electrons. The highest BCUT2D eigenvalue weighted by Crippen LogP contribution is 2.27. The van der Waals surface area contributed by atoms with Gasteiger partial charge >= 0.3 is 12.6 Å². The van der Waals surface area contributed by atoms with E-state index in [9.17, 15) is 23.5 Å². The highest BCUT2D eigenvalue weighted by Gasteiger charge is 2.23. The van der Waals surface area contributed by atoms with E-state index in [2.05, 4.69) is 14.7 Å². The fourth-order valence-electron chi connectivity index (χ4n) is 2.58. The number of likely N-dealkylation sites (tertiary alicyclic amines) is 1. The Morgan fingerprint density at radius 2 is 1.90 bits per heavy atom. The monoisotopic (exact) mass is 423 g/mol. The molecule has 2 heterocycles. The van der Waals surface area contributed by atoms with Crippen LogP contribution in [0.3, 0.4) is 0 Å². The second-order valence-electron chi connectivity index (χ2n) is 6.51. The van der Waals surface area contributed by atoms with Crippen molar-refractivity contribution >= 4 is 11.9 Å². The summed E-state index contributed by atoms with van der Waals surface area (Å²) in [4.78, 5) is 33.2. The maximum Gasteiger partial charge on any atom is 0.345 e. The molecule has 1 saturated heterocycles. The number of carboxylic acid groups (broad SMARTS) is 1. The molecule has 2 aromatic rings. The average Bonchev–Trinajstić information content (AvgIpc) is 2.65. The van der Waals surface area contributed by atoms with Crippen LogP contribution in [0, 0.1) is 0 Å². The number of rotatable bonds is 9. The van der Waals surface area contributed by atoms with Crippen molar-refractivity contribution in [3.05, 3.63) is 41.9 Å². The van der Waals surface area contributed by atoms with Gasteiger partial charge in [0, 0.05) is 19.2 Å². The summed E-state index contributed by atoms with van der Waals surface area (Å²) >= 11 is 0. The number of nitrogens with zero attached hydrogens (tertiary/aromatic N) is 3. The van der Waals surface area contributed by atoms with Crippen LogP contribution in [0.15, 0.2) is 30.6 Å². The van der Waals surface area contributed by atoms with E-state index < -0.39 is 18.7 Å². The Morgan fingerprint density at radius 3 is 2.47 bits per heavy atom. The number of hydrogen-bond donors (Lipinski definition) is 1. The number of alkyl halides is 2. The van der Waals surface area contributed by atoms with Crippen molar-refractivity contribution < 1.29 is 37.7 Å². The molecule has 11 heteroatoms. The van der Waals surface area contributed by atoms with Gasteiger partial charge in [0.2, 0.25) is 5.88 Å². The maximum atomic E-state index is 12.1. The number of aromatic nitrogens is 2. The van der Waals surface area contributed by atoms with Crippen molar-refractivity contribution in [2.75, 3.05) is 19.7 Å². The average molecular weight is 423 g/mol. The van der Waals surface area contributed by atoms with Crippen LogP contribution in [0.25, 0.3) is 0 Å². The Balaban J connectivity index is 1.71. The number of aromatic carboxylic acids is 1. The van der Waals surface area contributed by atoms with Gasteiger partial charge < -0.3 is 24.2 Å². The summed E-state index contributed by atoms with van der Waals surface area (Å²) < 4.78 is 39.4. The Kier molecular flexibility index (Phi) is 6.72. The van der Waals surface area contributed by atoms with Gasteiger partial charge in [0.25, 0.3) is 5.91 Å². The van der Waals surface area contributed by atoms with Gasteiger partial charge in [-0.05, 0) is 25.5 Å². The normalized spacial score (nSPS) is 14.2. The van der Waals surface area contributed by atoms with E-state index in [4.69, 9.17) is 9.47 Å². The summed E-state index contributed by atoms with van der Waals surface area (Å²) in [6.07, 6.45) is 2.72. The largest absolute Gasteiger partial charge is 0.488 e. The van der Waals surface area contributed by atoms with Crippen molar-refractivity contribution in [2.45, 2.75) is 26.1 Å². The number of benzene rings is 1. The first-order chi connectivity index (χ1) is 14.3. The minimum Gasteiger partial charge on any atom is -0.488 e. The van der Waals surface area contributed by atoms with Gasteiger partial charge in [0.1, 0.15) is 23.3 Å². The summed E-state index contributed by atoms with van der Waals surface area (Å²) in [5, 5.41) is 9.28. The van der Waals surface area contributed by atoms with E-state index in [1.807, 2.05) is 0 Å². The summed E-state index contributed by atoms with van der Waals surface area (Å²) in [5.41, 5.74) is 0.0419. The molecule has 30 heavy (non-hydrogen) atoms. The highest BCUT2D eigenvalue weighted by atomic mass is 19.3. The lowest BCUT2D eigenvalue weighted by Crippen LogP contribution is -2.42. The van der Waals surface area contributed by atoms with Gasteiger partial charge in [0.05, 0.1) is 24.6 Å². The number of ether oxygens (including phenoxy) is 3. The summed E-state index contributed by atoms with van der Waals surface area (Å²) in [6.45, 7) is -0.456. The molecular weight excluding hydrogens is 404 g/mol. The van der Waals surface area contributed by atoms with Gasteiger partial charge in [-0.3, -0.25) is 4.79 Å². The third-order valence-electron chi connectivity index (χ3n) is 4.13. The number of halogens is 2. The molecule has 1 aromatic heterocycles. The van der Waals surface area contributed by atoms with Crippen LogP contribution in [0.1, 0.15) is 34.2 Å². The van der Waals surface area contributed by atoms with Crippen LogP contribution in [-0.4, -0.2) is 64.3 Å². The van der Waals surface area contributed by atoms with E-state index in [-0.39, 0.29) is 41.2 Å². The van der Waals surface area contributed by atoms with Crippen LogP contribution < -0.4 is 9.47 Å². The number of amides is 1. The van der Waals surface area contributed by atoms with Gasteiger partial charge in [-0.25, -0.2) is 14.8 Å². The smallest absolute Gasteiger partial charge is 0.345 e. The second-order valence-corrected chi connectivity index (χ2v) is 6.51. The Hall–Kier alpha value is -3.34. The van der Waals surface area contributed by atoms with Gasteiger partial charge in [-0.15, -0.1) is 0 Å². The van der Waals surface area contributed by atoms with Gasteiger partial charge in [-0.2, -0.15) is 8.78 Å². The van der Waals surface area contributed by atoms with Crippen molar-refractivity contribution in [2.24, 2.45) is 0 Å². The van der Waals surface area contributed by atoms with Crippen LogP contribution >= 0.6 is 0 Å². The van der Waals surface area contributed by atoms with Gasteiger partial charge in [-0.1, -0.05) is 0 Å². The fourth-order valence-corrected chi connectivity index (χ4v) is 2.58. The molecule has 1 fully saturated rings. The molecule has 0 aliphatic carbocycles. The third-order valence-corrected chi connectivity index (χ3v) is 4.13. The SMILES string of the molecule is C[C@@H](COC(F)F)Oc1cc(Oc2cnc(C(=O)N3CCC3)cn2)cc(C(=O)O)c1. The van der Waals surface area contributed by atoms with Gasteiger partial charge in [0.15, 0.2) is 0 Å². The van der Waals surface area contributed by atoms with Crippen LogP contribution in [-0.2, 0) is 4.74 Å². The van der Waals surface area contributed by atoms with Crippen LogP contribution in [0.5, 0.6) is 17.4 Å². The number of carbonyl (C=O) groups excluding carboxylic acids is 1. The Bertz CT molecular complexity index is 906. The predicted molar refractivity (Wildman–Crippen MR) is 98.1 cm³/mol. The van der Waals surface area contributed by atoms with Crippen LogP contribution in [0.4, 0.5) is 8.78 Å². The minimum absolute atomic E-state index is 0.0396. The van der Waals surface area contributed by atoms with Crippen LogP contribution in [0.2, 0.25) is 0 Å². The zero-order valence-electron chi connectivity index (χ0n) is 16.0. The summed E-state index contributed by atoms with van der Waals surface area (Å²) in [5.74, 6) is -1.24. The number of carbonyl (C=O) groups is 2. The van der Waals surface area contributed by atoms with E-state index in [1.165, 1.54) is 37.5 Å². The molecule has 9 nitrogen and oxygen atoms in total. The van der Waals surface area contributed by atoms with E-state index in [0.717, 1.165) is 6.42 Å². The Labute approximate surface area is 170 Å². The third kappa shape index (κ3) is 5.60. The molecule has 1 atom stereocenters. The molecule has 0 saturated carbocycles. The topological polar surface area (TPSA) is 111 Å². The standard InChI is InChI=1S/C19H19F2N3O6/c1-11(10-28-19(20)21)29-13-5-12(18(26)27)6-14(7-13)30-16-9-22-15(8-23-16)17(25)24-3-2-4-24/h5-9,11,19H,2-4,10H2,1H3,(H,26,27)/t11-/m0/s1. The quantitative estimate of drug-likeness (QED) is 0.656. The zero-order valence-corrected chi connectivity index (χ0v) is 16.0. The first kappa shape index (κ1) is 21.4. The molecular formula is C19H19F2N3O6. The lowest BCUT2D eigenvalue weighted by Gasteiger charge is -2.30. The molecule has 1 aromatic carbocycles. The summed E-state index contributed by atoms with van der Waals surface area (Å²) in [6, 6.07) is 3.86. The van der Waals surface area contributed by atoms with E-state index in [1.54, 1.807) is 4.90 Å². The molecule has 3 rings (SSSR count). The predicted octanol–water partition coefficient (Wildman–Crippen LogP) is 2.82. The maximum absolute atomic E-state index is 12.1. The van der Waals surface area contributed by atoms with Crippen molar-refractivity contribution in [3.63, 3.8) is 0 Å². The summed E-state index contributed by atoms with van der Waals surface area (Å²) in [7, 11) is 0. The van der Waals surface area contributed by atoms with Crippen molar-refractivity contribution in [1.29, 1.82) is 0 Å². The molecule has 1 amide bonds. The molecule has 160 valence electrons. The number of hydrogen-bond acceptors (Lipinski definition) is 7. The first-order valence-corrected chi connectivity index (χ1v) is 9.06. The molecule has 0 unspecified atom stereocenters. The zero-order chi connectivity index (χ0) is 21.7. The first-order valence-electron chi connectivity index (χ1n) is 9.06. The Morgan fingerprint density at radius 1 is 1.17 bits per heavy atom. The van der Waals surface area contributed by atoms with E-state index >= 15 is 0 Å². The molecule has 0 spiro atoms. The highest BCUT2D eigenvalue weighted by molar-refractivity contribution is 5.92. The fraction of sp³-hybridized carbons (Fsp3) is 0.368. The molecule has 1 aliphatic heterocycles. The van der Waals surface area contributed by atoms with Crippen molar-refractivity contribution in [3.8, 4) is 17.4 Å². The number of carboxylic acids is 1. The molecule has 1 N–H and O–H groups in total. The minimum atomic E-state index is -2.94.